The fraction of sp³-hybridized carbons (Fsp3) is 0.146. The predicted octanol–water partition coefficient (Wildman–Crippen LogP) is 7.04. The lowest BCUT2D eigenvalue weighted by molar-refractivity contribution is -0.138. The summed E-state index contributed by atoms with van der Waals surface area (Å²) < 4.78 is 24.7. The molecule has 0 aliphatic carbocycles. The Morgan fingerprint density at radius 1 is 0.661 bits per heavy atom. The van der Waals surface area contributed by atoms with E-state index in [1.165, 1.54) is 63.3 Å². The quantitative estimate of drug-likeness (QED) is 0.0867. The third-order valence-corrected chi connectivity index (χ3v) is 9.07. The topological polar surface area (TPSA) is 216 Å². The molecule has 0 radical (unpaired) electrons. The summed E-state index contributed by atoms with van der Waals surface area (Å²) in [6.07, 6.45) is 6.25. The summed E-state index contributed by atoms with van der Waals surface area (Å²) in [5, 5.41) is 24.5. The number of nitrogens with zero attached hydrogens (tertiary/aromatic N) is 5. The maximum absolute atomic E-state index is 14.2. The summed E-state index contributed by atoms with van der Waals surface area (Å²) in [6, 6.07) is 19.1. The fourth-order valence-corrected chi connectivity index (χ4v) is 6.18. The van der Waals surface area contributed by atoms with Gasteiger partial charge in [-0.1, -0.05) is 59.6 Å². The molecule has 302 valence electrons. The van der Waals surface area contributed by atoms with Crippen LogP contribution in [0, 0.1) is 5.82 Å². The van der Waals surface area contributed by atoms with Gasteiger partial charge in [0.05, 0.1) is 51.5 Å². The first kappa shape index (κ1) is 43.1. The smallest absolute Gasteiger partial charge is 0.305 e. The summed E-state index contributed by atoms with van der Waals surface area (Å²) >= 11 is 12.4. The SMILES string of the molecule is COc1ccc(C(=O)N[C@@H](CC(=O)O)c2ccccc2Cl)nc1-c1ccncc1F.COc1ccc(C(=O)N[C@@H](CC(=O)O)c2ccccc2Cl)nc1-c1cnccn1. The molecule has 0 aliphatic rings. The zero-order valence-electron chi connectivity index (χ0n) is 31.2. The van der Waals surface area contributed by atoms with E-state index in [4.69, 9.17) is 32.7 Å². The number of rotatable bonds is 14. The third-order valence-electron chi connectivity index (χ3n) is 8.38. The van der Waals surface area contributed by atoms with Crippen LogP contribution in [0.15, 0.2) is 110 Å². The minimum Gasteiger partial charge on any atom is -0.494 e. The first-order chi connectivity index (χ1) is 28.4. The Morgan fingerprint density at radius 2 is 1.15 bits per heavy atom. The number of methoxy groups -OCH3 is 2. The average Bonchev–Trinajstić information content (AvgIpc) is 3.23. The number of carbonyl (C=O) groups is 4. The number of benzene rings is 2. The van der Waals surface area contributed by atoms with Crippen molar-refractivity contribution in [2.45, 2.75) is 24.9 Å². The van der Waals surface area contributed by atoms with Crippen molar-refractivity contribution in [1.29, 1.82) is 0 Å². The fourth-order valence-electron chi connectivity index (χ4n) is 5.65. The lowest BCUT2D eigenvalue weighted by atomic mass is 10.0. The Morgan fingerprint density at radius 3 is 1.61 bits per heavy atom. The molecule has 2 atom stereocenters. The Hall–Kier alpha value is -7.04. The van der Waals surface area contributed by atoms with Crippen molar-refractivity contribution in [3.05, 3.63) is 148 Å². The maximum atomic E-state index is 14.2. The normalized spacial score (nSPS) is 11.5. The number of pyridine rings is 3. The van der Waals surface area contributed by atoms with Gasteiger partial charge in [0.25, 0.3) is 11.8 Å². The van der Waals surface area contributed by atoms with Gasteiger partial charge in [0, 0.05) is 34.2 Å². The minimum absolute atomic E-state index is 0.0375. The van der Waals surface area contributed by atoms with E-state index >= 15 is 0 Å². The zero-order valence-corrected chi connectivity index (χ0v) is 32.7. The predicted molar refractivity (Wildman–Crippen MR) is 214 cm³/mol. The van der Waals surface area contributed by atoms with Crippen molar-refractivity contribution in [1.82, 2.24) is 35.6 Å². The van der Waals surface area contributed by atoms with Crippen molar-refractivity contribution in [2.24, 2.45) is 0 Å². The maximum Gasteiger partial charge on any atom is 0.305 e. The molecule has 2 aromatic carbocycles. The lowest BCUT2D eigenvalue weighted by Gasteiger charge is -2.19. The summed E-state index contributed by atoms with van der Waals surface area (Å²) in [7, 11) is 2.89. The standard InChI is InChI=1S/C21H17ClFN3O4.C20H17ClN4O4/c1-30-18-7-6-16(25-20(18)13-8-9-24-11-15(13)23)21(29)26-17(10-19(27)28)12-4-2-3-5-14(12)22;1-29-17-7-6-14(24-19(17)16-11-22-8-9-23-16)20(28)25-15(10-18(26)27)12-4-2-3-5-13(12)21/h2-9,11,17H,10H2,1H3,(H,26,29)(H,27,28);2-9,11,15H,10H2,1H3,(H,25,28)(H,26,27)/t17-;15-/m00/s1. The van der Waals surface area contributed by atoms with Crippen LogP contribution in [0.5, 0.6) is 11.5 Å². The Labute approximate surface area is 346 Å². The zero-order chi connectivity index (χ0) is 42.5. The number of hydrogen-bond donors (Lipinski definition) is 4. The molecule has 6 aromatic rings. The van der Waals surface area contributed by atoms with E-state index in [1.807, 2.05) is 0 Å². The first-order valence-corrected chi connectivity index (χ1v) is 18.2. The van der Waals surface area contributed by atoms with Crippen LogP contribution in [0.25, 0.3) is 22.6 Å². The first-order valence-electron chi connectivity index (χ1n) is 17.4. The number of carbonyl (C=O) groups excluding carboxylic acids is 2. The summed E-state index contributed by atoms with van der Waals surface area (Å²) in [5.41, 5.74) is 2.03. The molecule has 0 aliphatic heterocycles. The molecule has 0 fully saturated rings. The van der Waals surface area contributed by atoms with E-state index in [2.05, 4.69) is 35.6 Å². The van der Waals surface area contributed by atoms with Crippen LogP contribution in [0.1, 0.15) is 57.0 Å². The molecule has 4 N–H and O–H groups in total. The largest absolute Gasteiger partial charge is 0.494 e. The number of carboxylic acids is 2. The highest BCUT2D eigenvalue weighted by Gasteiger charge is 2.25. The average molecular weight is 843 g/mol. The van der Waals surface area contributed by atoms with Crippen LogP contribution >= 0.6 is 23.2 Å². The number of hydrogen-bond acceptors (Lipinski definition) is 11. The van der Waals surface area contributed by atoms with Crippen molar-refractivity contribution >= 4 is 47.0 Å². The number of nitrogens with one attached hydrogen (secondary N) is 2. The third kappa shape index (κ3) is 11.3. The van der Waals surface area contributed by atoms with Gasteiger partial charge in [-0.25, -0.2) is 14.4 Å². The van der Waals surface area contributed by atoms with Crippen molar-refractivity contribution in [3.63, 3.8) is 0 Å². The van der Waals surface area contributed by atoms with Crippen LogP contribution in [-0.2, 0) is 9.59 Å². The molecule has 4 aromatic heterocycles. The molecule has 2 amide bonds. The molecule has 18 heteroatoms. The van der Waals surface area contributed by atoms with E-state index in [-0.39, 0.29) is 41.2 Å². The van der Waals surface area contributed by atoms with Crippen LogP contribution in [-0.4, -0.2) is 73.1 Å². The number of halogens is 3. The van der Waals surface area contributed by atoms with Gasteiger partial charge in [0.15, 0.2) is 5.82 Å². The molecule has 0 bridgehead atoms. The Bertz CT molecular complexity index is 2460. The van der Waals surface area contributed by atoms with Crippen molar-refractivity contribution in [2.75, 3.05) is 14.2 Å². The van der Waals surface area contributed by atoms with E-state index in [1.54, 1.807) is 54.6 Å². The number of ether oxygens (including phenoxy) is 2. The molecular weight excluding hydrogens is 808 g/mol. The number of carboxylic acid groups (broad SMARTS) is 2. The molecule has 0 saturated heterocycles. The minimum atomic E-state index is -1.11. The van der Waals surface area contributed by atoms with E-state index in [0.29, 0.717) is 38.3 Å². The molecule has 0 saturated carbocycles. The lowest BCUT2D eigenvalue weighted by Crippen LogP contribution is -2.31. The number of aromatic nitrogens is 5. The highest BCUT2D eigenvalue weighted by atomic mass is 35.5. The summed E-state index contributed by atoms with van der Waals surface area (Å²) in [6.45, 7) is 0. The summed E-state index contributed by atoms with van der Waals surface area (Å²) in [4.78, 5) is 68.7. The van der Waals surface area contributed by atoms with Gasteiger partial charge in [-0.2, -0.15) is 0 Å². The molecule has 15 nitrogen and oxygen atoms in total. The molecule has 4 heterocycles. The van der Waals surface area contributed by atoms with E-state index < -0.39 is 41.7 Å². The van der Waals surface area contributed by atoms with Crippen LogP contribution in [0.2, 0.25) is 10.0 Å². The monoisotopic (exact) mass is 841 g/mol. The highest BCUT2D eigenvalue weighted by Crippen LogP contribution is 2.31. The van der Waals surface area contributed by atoms with Crippen LogP contribution < -0.4 is 20.1 Å². The van der Waals surface area contributed by atoms with Crippen molar-refractivity contribution < 1.29 is 43.3 Å². The van der Waals surface area contributed by atoms with E-state index in [0.717, 1.165) is 6.20 Å². The number of aliphatic carboxylic acids is 2. The second-order valence-electron chi connectivity index (χ2n) is 12.2. The second kappa shape index (κ2) is 20.4. The van der Waals surface area contributed by atoms with Gasteiger partial charge >= 0.3 is 11.9 Å². The van der Waals surface area contributed by atoms with Gasteiger partial charge < -0.3 is 30.3 Å². The van der Waals surface area contributed by atoms with Gasteiger partial charge in [-0.15, -0.1) is 0 Å². The summed E-state index contributed by atoms with van der Waals surface area (Å²) in [5.74, 6) is -3.30. The van der Waals surface area contributed by atoms with Gasteiger partial charge in [0.2, 0.25) is 0 Å². The number of amides is 2. The van der Waals surface area contributed by atoms with Gasteiger partial charge in [0.1, 0.15) is 40.0 Å². The van der Waals surface area contributed by atoms with Gasteiger partial charge in [-0.05, 0) is 53.6 Å². The van der Waals surface area contributed by atoms with Crippen LogP contribution in [0.4, 0.5) is 4.39 Å². The molecule has 59 heavy (non-hydrogen) atoms. The molecule has 6 rings (SSSR count). The van der Waals surface area contributed by atoms with Gasteiger partial charge in [-0.3, -0.25) is 34.1 Å². The van der Waals surface area contributed by atoms with Crippen molar-refractivity contribution in [3.8, 4) is 34.1 Å². The van der Waals surface area contributed by atoms with E-state index in [9.17, 15) is 33.8 Å². The molecule has 0 spiro atoms. The molecular formula is C41H34Cl2FN7O8. The highest BCUT2D eigenvalue weighted by molar-refractivity contribution is 6.31. The van der Waals surface area contributed by atoms with Crippen LogP contribution in [0.3, 0.4) is 0 Å². The molecule has 0 unspecified atom stereocenters. The second-order valence-corrected chi connectivity index (χ2v) is 13.0. The Kier molecular flexibility index (Phi) is 14.9. The Balaban J connectivity index is 0.000000224.